The van der Waals surface area contributed by atoms with Crippen LogP contribution >= 0.6 is 11.6 Å². The minimum Gasteiger partial charge on any atom is -0.406 e. The van der Waals surface area contributed by atoms with Gasteiger partial charge in [0.15, 0.2) is 11.3 Å². The van der Waals surface area contributed by atoms with Crippen LogP contribution in [0.4, 0.5) is 18.9 Å². The summed E-state index contributed by atoms with van der Waals surface area (Å²) < 4.78 is 41.4. The molecular formula is C14H8ClF3N4O2. The number of carbonyl (C=O) groups excluding carboxylic acids is 1. The molecule has 124 valence electrons. The first-order chi connectivity index (χ1) is 11.3. The average molecular weight is 357 g/mol. The van der Waals surface area contributed by atoms with Crippen LogP contribution in [0.1, 0.15) is 10.5 Å². The fraction of sp³-hybridized carbons (Fsp3) is 0.0714. The molecule has 0 aliphatic carbocycles. The first-order valence-electron chi connectivity index (χ1n) is 6.49. The normalized spacial score (nSPS) is 11.5. The molecule has 3 aromatic rings. The first kappa shape index (κ1) is 16.1. The number of rotatable bonds is 3. The number of fused-ring (bicyclic) bond motifs is 1. The van der Waals surface area contributed by atoms with Gasteiger partial charge < -0.3 is 10.1 Å². The number of nitrogens with one attached hydrogen (secondary N) is 1. The smallest absolute Gasteiger partial charge is 0.406 e. The van der Waals surface area contributed by atoms with E-state index in [-0.39, 0.29) is 16.4 Å². The molecule has 1 amide bonds. The zero-order chi connectivity index (χ0) is 17.3. The van der Waals surface area contributed by atoms with E-state index in [9.17, 15) is 18.0 Å². The van der Waals surface area contributed by atoms with Gasteiger partial charge in [0.05, 0.1) is 0 Å². The van der Waals surface area contributed by atoms with Gasteiger partial charge in [-0.2, -0.15) is 5.10 Å². The molecule has 1 N–H and O–H groups in total. The van der Waals surface area contributed by atoms with Gasteiger partial charge in [0, 0.05) is 18.1 Å². The van der Waals surface area contributed by atoms with Crippen LogP contribution in [0.5, 0.6) is 5.75 Å². The van der Waals surface area contributed by atoms with E-state index in [1.54, 1.807) is 12.3 Å². The summed E-state index contributed by atoms with van der Waals surface area (Å²) in [6, 6.07) is 6.31. The Balaban J connectivity index is 1.77. The number of ether oxygens (including phenoxy) is 1. The summed E-state index contributed by atoms with van der Waals surface area (Å²) in [5.41, 5.74) is 0.528. The molecule has 2 aromatic heterocycles. The van der Waals surface area contributed by atoms with Gasteiger partial charge in [-0.15, -0.1) is 13.2 Å². The fourth-order valence-corrected chi connectivity index (χ4v) is 2.19. The highest BCUT2D eigenvalue weighted by atomic mass is 35.5. The Morgan fingerprint density at radius 2 is 1.96 bits per heavy atom. The molecule has 3 rings (SSSR count). The molecule has 0 unspecified atom stereocenters. The Morgan fingerprint density at radius 3 is 2.58 bits per heavy atom. The minimum atomic E-state index is -4.78. The van der Waals surface area contributed by atoms with Crippen molar-refractivity contribution in [1.29, 1.82) is 0 Å². The van der Waals surface area contributed by atoms with Crippen LogP contribution in [0.3, 0.4) is 0 Å². The van der Waals surface area contributed by atoms with Gasteiger partial charge in [0.1, 0.15) is 10.8 Å². The number of hydrogen-bond acceptors (Lipinski definition) is 4. The Labute approximate surface area is 137 Å². The van der Waals surface area contributed by atoms with Crippen LogP contribution in [0.2, 0.25) is 5.02 Å². The highest BCUT2D eigenvalue weighted by molar-refractivity contribution is 6.37. The molecule has 0 spiro atoms. The van der Waals surface area contributed by atoms with E-state index in [4.69, 9.17) is 11.6 Å². The molecule has 0 atom stereocenters. The van der Waals surface area contributed by atoms with Crippen LogP contribution < -0.4 is 10.1 Å². The van der Waals surface area contributed by atoms with Gasteiger partial charge in [0.25, 0.3) is 5.91 Å². The van der Waals surface area contributed by atoms with Crippen LogP contribution in [0.15, 0.2) is 42.7 Å². The van der Waals surface area contributed by atoms with Gasteiger partial charge in [-0.05, 0) is 30.3 Å². The number of nitrogens with zero attached hydrogens (tertiary/aromatic N) is 3. The molecule has 0 saturated heterocycles. The van der Waals surface area contributed by atoms with E-state index in [0.717, 1.165) is 12.1 Å². The van der Waals surface area contributed by atoms with Crippen molar-refractivity contribution in [3.8, 4) is 5.75 Å². The summed E-state index contributed by atoms with van der Waals surface area (Å²) in [4.78, 5) is 16.2. The molecule has 0 fully saturated rings. The number of benzene rings is 1. The third kappa shape index (κ3) is 3.40. The summed E-state index contributed by atoms with van der Waals surface area (Å²) in [5.74, 6) is -1.01. The molecule has 2 heterocycles. The van der Waals surface area contributed by atoms with Crippen molar-refractivity contribution in [2.24, 2.45) is 0 Å². The van der Waals surface area contributed by atoms with E-state index in [1.807, 2.05) is 0 Å². The number of alkyl halides is 3. The lowest BCUT2D eigenvalue weighted by Crippen LogP contribution is -2.17. The zero-order valence-electron chi connectivity index (χ0n) is 11.7. The average Bonchev–Trinajstić information content (AvgIpc) is 2.85. The van der Waals surface area contributed by atoms with Crippen LogP contribution in [-0.2, 0) is 0 Å². The van der Waals surface area contributed by atoms with Crippen molar-refractivity contribution >= 4 is 28.8 Å². The highest BCUT2D eigenvalue weighted by Gasteiger charge is 2.31. The highest BCUT2D eigenvalue weighted by Crippen LogP contribution is 2.25. The lowest BCUT2D eigenvalue weighted by molar-refractivity contribution is -0.274. The predicted octanol–water partition coefficient (Wildman–Crippen LogP) is 3.53. The first-order valence-corrected chi connectivity index (χ1v) is 6.87. The monoisotopic (exact) mass is 356 g/mol. The predicted molar refractivity (Wildman–Crippen MR) is 79.1 cm³/mol. The second-order valence-corrected chi connectivity index (χ2v) is 4.95. The molecule has 0 aliphatic heterocycles. The maximum Gasteiger partial charge on any atom is 0.573 e. The molecule has 6 nitrogen and oxygen atoms in total. The minimum absolute atomic E-state index is 0.0500. The lowest BCUT2D eigenvalue weighted by atomic mass is 10.3. The number of carbonyl (C=O) groups is 1. The number of anilines is 1. The summed E-state index contributed by atoms with van der Waals surface area (Å²) >= 11 is 6.06. The topological polar surface area (TPSA) is 68.5 Å². The molecule has 0 saturated carbocycles. The SMILES string of the molecule is O=C(Nc1ccc(OC(F)(F)F)cc1)c1nn2cccnc2c1Cl. The summed E-state index contributed by atoms with van der Waals surface area (Å²) in [6.45, 7) is 0. The number of halogens is 4. The molecule has 10 heteroatoms. The summed E-state index contributed by atoms with van der Waals surface area (Å²) in [5, 5.41) is 6.57. The fourth-order valence-electron chi connectivity index (χ4n) is 1.93. The van der Waals surface area contributed by atoms with Crippen molar-refractivity contribution in [2.45, 2.75) is 6.36 Å². The second-order valence-electron chi connectivity index (χ2n) is 4.58. The van der Waals surface area contributed by atoms with E-state index in [1.165, 1.54) is 22.8 Å². The second kappa shape index (κ2) is 6.00. The van der Waals surface area contributed by atoms with Crippen molar-refractivity contribution in [1.82, 2.24) is 14.6 Å². The summed E-state index contributed by atoms with van der Waals surface area (Å²) in [7, 11) is 0. The third-order valence-corrected chi connectivity index (χ3v) is 3.25. The molecule has 1 aromatic carbocycles. The molecular weight excluding hydrogens is 349 g/mol. The largest absolute Gasteiger partial charge is 0.573 e. The number of hydrogen-bond donors (Lipinski definition) is 1. The lowest BCUT2D eigenvalue weighted by Gasteiger charge is -2.09. The van der Waals surface area contributed by atoms with Crippen molar-refractivity contribution in [3.05, 3.63) is 53.4 Å². The van der Waals surface area contributed by atoms with Crippen LogP contribution in [0, 0.1) is 0 Å². The van der Waals surface area contributed by atoms with Crippen molar-refractivity contribution in [3.63, 3.8) is 0 Å². The molecule has 0 radical (unpaired) electrons. The van der Waals surface area contributed by atoms with E-state index < -0.39 is 18.0 Å². The van der Waals surface area contributed by atoms with Gasteiger partial charge in [-0.25, -0.2) is 9.50 Å². The van der Waals surface area contributed by atoms with E-state index >= 15 is 0 Å². The van der Waals surface area contributed by atoms with Gasteiger partial charge >= 0.3 is 6.36 Å². The van der Waals surface area contributed by atoms with Gasteiger partial charge in [-0.3, -0.25) is 4.79 Å². The quantitative estimate of drug-likeness (QED) is 0.779. The van der Waals surface area contributed by atoms with Crippen molar-refractivity contribution in [2.75, 3.05) is 5.32 Å². The van der Waals surface area contributed by atoms with Crippen LogP contribution in [-0.4, -0.2) is 26.9 Å². The summed E-state index contributed by atoms with van der Waals surface area (Å²) in [6.07, 6.45) is -1.69. The number of aromatic nitrogens is 3. The maximum absolute atomic E-state index is 12.2. The van der Waals surface area contributed by atoms with Gasteiger partial charge in [-0.1, -0.05) is 11.6 Å². The third-order valence-electron chi connectivity index (χ3n) is 2.90. The Hall–Kier alpha value is -2.81. The Bertz CT molecular complexity index is 893. The molecule has 24 heavy (non-hydrogen) atoms. The maximum atomic E-state index is 12.2. The standard InChI is InChI=1S/C14H8ClF3N4O2/c15-10-11(21-22-7-1-6-19-12(10)22)13(23)20-8-2-4-9(5-3-8)24-14(16,17)18/h1-7H,(H,20,23). The Morgan fingerprint density at radius 1 is 1.25 bits per heavy atom. The van der Waals surface area contributed by atoms with E-state index in [0.29, 0.717) is 5.65 Å². The zero-order valence-corrected chi connectivity index (χ0v) is 12.5. The molecule has 0 bridgehead atoms. The van der Waals surface area contributed by atoms with E-state index in [2.05, 4.69) is 20.1 Å². The van der Waals surface area contributed by atoms with Crippen LogP contribution in [0.25, 0.3) is 5.65 Å². The Kier molecular flexibility index (Phi) is 4.02. The molecule has 0 aliphatic rings. The number of amides is 1. The van der Waals surface area contributed by atoms with Gasteiger partial charge in [0.2, 0.25) is 0 Å². The van der Waals surface area contributed by atoms with Crippen molar-refractivity contribution < 1.29 is 22.7 Å².